The lowest BCUT2D eigenvalue weighted by Gasteiger charge is -2.34. The maximum Gasteiger partial charge on any atom is 0.282 e. The molecule has 0 saturated carbocycles. The number of piperazine rings is 1. The molecular weight excluding hydrogens is 286 g/mol. The number of amides is 1. The predicted molar refractivity (Wildman–Crippen MR) is 83.6 cm³/mol. The zero-order valence-electron chi connectivity index (χ0n) is 12.0. The number of rotatable bonds is 3. The van der Waals surface area contributed by atoms with Crippen LogP contribution in [0, 0.1) is 0 Å². The fourth-order valence-corrected chi connectivity index (χ4v) is 3.54. The number of benzene rings is 1. The van der Waals surface area contributed by atoms with Crippen molar-refractivity contribution in [1.82, 2.24) is 14.8 Å². The van der Waals surface area contributed by atoms with Gasteiger partial charge in [-0.15, -0.1) is 11.3 Å². The van der Waals surface area contributed by atoms with Crippen LogP contribution in [0.15, 0.2) is 24.3 Å². The average molecular weight is 305 g/mol. The summed E-state index contributed by atoms with van der Waals surface area (Å²) in [6.07, 6.45) is -0.323. The van der Waals surface area contributed by atoms with E-state index in [0.29, 0.717) is 24.6 Å². The summed E-state index contributed by atoms with van der Waals surface area (Å²) in [5, 5.41) is 9.98. The first-order valence-electron chi connectivity index (χ1n) is 7.19. The summed E-state index contributed by atoms with van der Waals surface area (Å²) in [5.41, 5.74) is 0.888. The first-order chi connectivity index (χ1) is 10.1. The summed E-state index contributed by atoms with van der Waals surface area (Å²) in [6, 6.07) is 7.82. The summed E-state index contributed by atoms with van der Waals surface area (Å²) >= 11 is 1.45. The standard InChI is InChI=1S/C15H19N3O2S/c1-11(19)10-17-6-8-18(9-7-17)15(20)14-16-12-4-2-3-5-13(12)21-14/h2-5,11,19H,6-10H2,1H3/t11-/m1/s1. The van der Waals surface area contributed by atoms with Gasteiger partial charge in [0, 0.05) is 32.7 Å². The molecule has 1 amide bonds. The Morgan fingerprint density at radius 1 is 1.33 bits per heavy atom. The fourth-order valence-electron chi connectivity index (χ4n) is 2.61. The van der Waals surface area contributed by atoms with Gasteiger partial charge < -0.3 is 10.0 Å². The Hall–Kier alpha value is -1.50. The average Bonchev–Trinajstić information content (AvgIpc) is 2.90. The van der Waals surface area contributed by atoms with E-state index in [4.69, 9.17) is 0 Å². The van der Waals surface area contributed by atoms with Gasteiger partial charge in [0.1, 0.15) is 0 Å². The molecule has 2 aromatic rings. The van der Waals surface area contributed by atoms with Gasteiger partial charge in [-0.25, -0.2) is 4.98 Å². The highest BCUT2D eigenvalue weighted by molar-refractivity contribution is 7.20. The molecule has 1 atom stereocenters. The lowest BCUT2D eigenvalue weighted by Crippen LogP contribution is -2.50. The molecule has 2 heterocycles. The minimum atomic E-state index is -0.323. The van der Waals surface area contributed by atoms with Crippen LogP contribution in [0.5, 0.6) is 0 Å². The zero-order valence-corrected chi connectivity index (χ0v) is 12.8. The van der Waals surface area contributed by atoms with Crippen LogP contribution in [-0.2, 0) is 0 Å². The van der Waals surface area contributed by atoms with Crippen LogP contribution in [0.25, 0.3) is 10.2 Å². The largest absolute Gasteiger partial charge is 0.392 e. The molecule has 0 unspecified atom stereocenters. The van der Waals surface area contributed by atoms with Gasteiger partial charge >= 0.3 is 0 Å². The Kier molecular flexibility index (Phi) is 4.19. The van der Waals surface area contributed by atoms with E-state index >= 15 is 0 Å². The van der Waals surface area contributed by atoms with Crippen LogP contribution in [0.4, 0.5) is 0 Å². The van der Waals surface area contributed by atoms with Crippen molar-refractivity contribution in [3.05, 3.63) is 29.3 Å². The second-order valence-electron chi connectivity index (χ2n) is 5.43. The first kappa shape index (κ1) is 14.4. The van der Waals surface area contributed by atoms with Crippen LogP contribution >= 0.6 is 11.3 Å². The van der Waals surface area contributed by atoms with Gasteiger partial charge in [-0.05, 0) is 19.1 Å². The fraction of sp³-hybridized carbons (Fsp3) is 0.467. The molecule has 1 aromatic heterocycles. The highest BCUT2D eigenvalue weighted by Crippen LogP contribution is 2.23. The third-order valence-corrected chi connectivity index (χ3v) is 4.68. The first-order valence-corrected chi connectivity index (χ1v) is 8.00. The molecule has 6 heteroatoms. The van der Waals surface area contributed by atoms with E-state index in [-0.39, 0.29) is 12.0 Å². The van der Waals surface area contributed by atoms with Gasteiger partial charge in [0.15, 0.2) is 5.01 Å². The number of hydrogen-bond donors (Lipinski definition) is 1. The lowest BCUT2D eigenvalue weighted by atomic mass is 10.2. The number of carbonyl (C=O) groups excluding carboxylic acids is 1. The second kappa shape index (κ2) is 6.09. The number of aliphatic hydroxyl groups is 1. The Morgan fingerprint density at radius 3 is 2.71 bits per heavy atom. The summed E-state index contributed by atoms with van der Waals surface area (Å²) in [4.78, 5) is 21.0. The zero-order chi connectivity index (χ0) is 14.8. The van der Waals surface area contributed by atoms with E-state index in [1.165, 1.54) is 11.3 Å². The molecule has 1 aliphatic rings. The number of β-amino-alcohol motifs (C(OH)–C–C–N with tert-alkyl or cyclic N) is 1. The van der Waals surface area contributed by atoms with Crippen LogP contribution in [0.1, 0.15) is 16.7 Å². The third-order valence-electron chi connectivity index (χ3n) is 3.66. The maximum absolute atomic E-state index is 12.5. The molecule has 0 spiro atoms. The summed E-state index contributed by atoms with van der Waals surface area (Å²) in [6.45, 7) is 5.47. The van der Waals surface area contributed by atoms with Crippen molar-refractivity contribution in [1.29, 1.82) is 0 Å². The van der Waals surface area contributed by atoms with Crippen molar-refractivity contribution < 1.29 is 9.90 Å². The van der Waals surface area contributed by atoms with Crippen LogP contribution in [-0.4, -0.2) is 64.6 Å². The summed E-state index contributed by atoms with van der Waals surface area (Å²) < 4.78 is 1.05. The van der Waals surface area contributed by atoms with Gasteiger partial charge in [0.05, 0.1) is 16.3 Å². The number of fused-ring (bicyclic) bond motifs is 1. The smallest absolute Gasteiger partial charge is 0.282 e. The molecule has 1 aromatic carbocycles. The molecule has 0 bridgehead atoms. The van der Waals surface area contributed by atoms with E-state index in [0.717, 1.165) is 23.3 Å². The van der Waals surface area contributed by atoms with Crippen LogP contribution in [0.3, 0.4) is 0 Å². The molecule has 1 saturated heterocycles. The van der Waals surface area contributed by atoms with Crippen molar-refractivity contribution in [2.45, 2.75) is 13.0 Å². The molecule has 112 valence electrons. The van der Waals surface area contributed by atoms with Crippen molar-refractivity contribution in [2.24, 2.45) is 0 Å². The quantitative estimate of drug-likeness (QED) is 0.932. The lowest BCUT2D eigenvalue weighted by molar-refractivity contribution is 0.0554. The van der Waals surface area contributed by atoms with Crippen LogP contribution < -0.4 is 0 Å². The van der Waals surface area contributed by atoms with Crippen molar-refractivity contribution in [3.8, 4) is 0 Å². The van der Waals surface area contributed by atoms with E-state index < -0.39 is 0 Å². The number of nitrogens with zero attached hydrogens (tertiary/aromatic N) is 3. The van der Waals surface area contributed by atoms with E-state index in [2.05, 4.69) is 9.88 Å². The topological polar surface area (TPSA) is 56.7 Å². The number of aromatic nitrogens is 1. The highest BCUT2D eigenvalue weighted by atomic mass is 32.1. The SMILES string of the molecule is C[C@@H](O)CN1CCN(C(=O)c2nc3ccccc3s2)CC1. The normalized spacial score (nSPS) is 18.1. The number of hydrogen-bond acceptors (Lipinski definition) is 5. The Morgan fingerprint density at radius 2 is 2.05 bits per heavy atom. The van der Waals surface area contributed by atoms with Crippen LogP contribution in [0.2, 0.25) is 0 Å². The molecule has 21 heavy (non-hydrogen) atoms. The Bertz CT molecular complexity index is 600. The molecule has 5 nitrogen and oxygen atoms in total. The Balaban J connectivity index is 1.66. The monoisotopic (exact) mass is 305 g/mol. The van der Waals surface area contributed by atoms with E-state index in [1.807, 2.05) is 29.2 Å². The number of aliphatic hydroxyl groups excluding tert-OH is 1. The van der Waals surface area contributed by atoms with Crippen molar-refractivity contribution in [2.75, 3.05) is 32.7 Å². The van der Waals surface area contributed by atoms with Gasteiger partial charge in [-0.3, -0.25) is 9.69 Å². The molecule has 0 radical (unpaired) electrons. The van der Waals surface area contributed by atoms with Gasteiger partial charge in [0.2, 0.25) is 0 Å². The number of para-hydroxylation sites is 1. The summed E-state index contributed by atoms with van der Waals surface area (Å²) in [7, 11) is 0. The van der Waals surface area contributed by atoms with E-state index in [1.54, 1.807) is 6.92 Å². The van der Waals surface area contributed by atoms with Crippen molar-refractivity contribution in [3.63, 3.8) is 0 Å². The molecule has 1 fully saturated rings. The van der Waals surface area contributed by atoms with E-state index in [9.17, 15) is 9.90 Å². The minimum Gasteiger partial charge on any atom is -0.392 e. The third kappa shape index (κ3) is 3.23. The minimum absolute atomic E-state index is 0.0212. The molecule has 1 N–H and O–H groups in total. The number of carbonyl (C=O) groups is 1. The van der Waals surface area contributed by atoms with Crippen molar-refractivity contribution >= 4 is 27.5 Å². The van der Waals surface area contributed by atoms with Gasteiger partial charge in [-0.1, -0.05) is 12.1 Å². The molecule has 0 aliphatic carbocycles. The molecular formula is C15H19N3O2S. The summed E-state index contributed by atoms with van der Waals surface area (Å²) in [5.74, 6) is 0.0212. The number of thiazole rings is 1. The highest BCUT2D eigenvalue weighted by Gasteiger charge is 2.24. The van der Waals surface area contributed by atoms with Gasteiger partial charge in [0.25, 0.3) is 5.91 Å². The molecule has 3 rings (SSSR count). The molecule has 1 aliphatic heterocycles. The Labute approximate surface area is 127 Å². The maximum atomic E-state index is 12.5. The van der Waals surface area contributed by atoms with Gasteiger partial charge in [-0.2, -0.15) is 0 Å². The predicted octanol–water partition coefficient (Wildman–Crippen LogP) is 1.43. The second-order valence-corrected chi connectivity index (χ2v) is 6.46.